The van der Waals surface area contributed by atoms with E-state index >= 15 is 0 Å². The van der Waals surface area contributed by atoms with Crippen LogP contribution >= 0.6 is 11.6 Å². The summed E-state index contributed by atoms with van der Waals surface area (Å²) in [7, 11) is 0. The molecule has 0 unspecified atom stereocenters. The van der Waals surface area contributed by atoms with E-state index in [1.165, 1.54) is 31.4 Å². The molecule has 3 aromatic rings. The van der Waals surface area contributed by atoms with Crippen LogP contribution in [0.2, 0.25) is 5.02 Å². The fourth-order valence-electron chi connectivity index (χ4n) is 3.62. The van der Waals surface area contributed by atoms with E-state index in [-0.39, 0.29) is 0 Å². The SMILES string of the molecule is Clc1ccc2c(NC3CCC(Nc4ccccc4)CC3)ccnc2c1. The van der Waals surface area contributed by atoms with Crippen molar-refractivity contribution in [2.45, 2.75) is 37.8 Å². The van der Waals surface area contributed by atoms with Gasteiger partial charge in [-0.25, -0.2) is 0 Å². The molecule has 2 N–H and O–H groups in total. The van der Waals surface area contributed by atoms with Gasteiger partial charge in [0.15, 0.2) is 0 Å². The minimum Gasteiger partial charge on any atom is -0.382 e. The smallest absolute Gasteiger partial charge is 0.0737 e. The van der Waals surface area contributed by atoms with Gasteiger partial charge in [0, 0.05) is 40.1 Å². The van der Waals surface area contributed by atoms with Crippen molar-refractivity contribution in [1.82, 2.24) is 4.98 Å². The Hall–Kier alpha value is -2.26. The minimum absolute atomic E-state index is 0.509. The summed E-state index contributed by atoms with van der Waals surface area (Å²) in [5, 5.41) is 9.23. The van der Waals surface area contributed by atoms with E-state index in [2.05, 4.69) is 58.1 Å². The van der Waals surface area contributed by atoms with Gasteiger partial charge in [-0.2, -0.15) is 0 Å². The summed E-state index contributed by atoms with van der Waals surface area (Å²) in [5.41, 5.74) is 3.31. The molecule has 0 bridgehead atoms. The monoisotopic (exact) mass is 351 g/mol. The second-order valence-corrected chi connectivity index (χ2v) is 7.16. The molecule has 1 fully saturated rings. The van der Waals surface area contributed by atoms with Crippen LogP contribution in [0.3, 0.4) is 0 Å². The number of anilines is 2. The number of pyridine rings is 1. The number of nitrogens with one attached hydrogen (secondary N) is 2. The molecule has 4 rings (SSSR count). The second-order valence-electron chi connectivity index (χ2n) is 6.72. The lowest BCUT2D eigenvalue weighted by atomic mass is 9.90. The van der Waals surface area contributed by atoms with Gasteiger partial charge in [-0.3, -0.25) is 4.98 Å². The van der Waals surface area contributed by atoms with Gasteiger partial charge in [-0.15, -0.1) is 0 Å². The highest BCUT2D eigenvalue weighted by Gasteiger charge is 2.21. The molecule has 2 aromatic carbocycles. The number of nitrogens with zero attached hydrogens (tertiary/aromatic N) is 1. The topological polar surface area (TPSA) is 37.0 Å². The van der Waals surface area contributed by atoms with Crippen LogP contribution in [0, 0.1) is 0 Å². The van der Waals surface area contributed by atoms with Gasteiger partial charge in [0.05, 0.1) is 5.52 Å². The van der Waals surface area contributed by atoms with Crippen molar-refractivity contribution < 1.29 is 0 Å². The Morgan fingerprint density at radius 3 is 2.32 bits per heavy atom. The summed E-state index contributed by atoms with van der Waals surface area (Å²) in [4.78, 5) is 4.42. The van der Waals surface area contributed by atoms with Crippen molar-refractivity contribution in [3.05, 3.63) is 65.8 Å². The molecule has 4 heteroatoms. The number of halogens is 1. The molecule has 0 aliphatic heterocycles. The van der Waals surface area contributed by atoms with Crippen molar-refractivity contribution in [2.24, 2.45) is 0 Å². The van der Waals surface area contributed by atoms with E-state index in [4.69, 9.17) is 11.6 Å². The average molecular weight is 352 g/mol. The van der Waals surface area contributed by atoms with Crippen molar-refractivity contribution in [1.29, 1.82) is 0 Å². The molecular formula is C21H22ClN3. The molecule has 0 radical (unpaired) electrons. The molecule has 0 atom stereocenters. The van der Waals surface area contributed by atoms with Gasteiger partial charge in [-0.05, 0) is 62.1 Å². The van der Waals surface area contributed by atoms with Gasteiger partial charge < -0.3 is 10.6 Å². The molecular weight excluding hydrogens is 330 g/mol. The fourth-order valence-corrected chi connectivity index (χ4v) is 3.79. The Labute approximate surface area is 153 Å². The predicted octanol–water partition coefficient (Wildman–Crippen LogP) is 5.72. The molecule has 25 heavy (non-hydrogen) atoms. The first-order valence-electron chi connectivity index (χ1n) is 8.90. The van der Waals surface area contributed by atoms with Crippen molar-refractivity contribution in [2.75, 3.05) is 10.6 Å². The van der Waals surface area contributed by atoms with E-state index in [0.717, 1.165) is 21.6 Å². The number of hydrogen-bond donors (Lipinski definition) is 2. The van der Waals surface area contributed by atoms with E-state index in [1.807, 2.05) is 18.3 Å². The third-order valence-corrected chi connectivity index (χ3v) is 5.17. The molecule has 1 heterocycles. The number of aromatic nitrogens is 1. The summed E-state index contributed by atoms with van der Waals surface area (Å²) in [5.74, 6) is 0. The van der Waals surface area contributed by atoms with Crippen LogP contribution in [-0.4, -0.2) is 17.1 Å². The largest absolute Gasteiger partial charge is 0.382 e. The van der Waals surface area contributed by atoms with Crippen molar-refractivity contribution >= 4 is 33.9 Å². The van der Waals surface area contributed by atoms with Gasteiger partial charge in [-0.1, -0.05) is 29.8 Å². The first-order valence-corrected chi connectivity index (χ1v) is 9.28. The molecule has 3 nitrogen and oxygen atoms in total. The van der Waals surface area contributed by atoms with Gasteiger partial charge in [0.1, 0.15) is 0 Å². The molecule has 1 aliphatic rings. The zero-order valence-corrected chi connectivity index (χ0v) is 14.8. The lowest BCUT2D eigenvalue weighted by molar-refractivity contribution is 0.429. The highest BCUT2D eigenvalue weighted by molar-refractivity contribution is 6.31. The van der Waals surface area contributed by atoms with Crippen LogP contribution < -0.4 is 10.6 Å². The molecule has 0 saturated heterocycles. The zero-order chi connectivity index (χ0) is 17.1. The Bertz CT molecular complexity index is 842. The van der Waals surface area contributed by atoms with Gasteiger partial charge >= 0.3 is 0 Å². The molecule has 1 saturated carbocycles. The highest BCUT2D eigenvalue weighted by Crippen LogP contribution is 2.29. The van der Waals surface area contributed by atoms with E-state index in [0.29, 0.717) is 12.1 Å². The number of fused-ring (bicyclic) bond motifs is 1. The Balaban J connectivity index is 1.39. The summed E-state index contributed by atoms with van der Waals surface area (Å²) in [6.07, 6.45) is 6.55. The lowest BCUT2D eigenvalue weighted by Gasteiger charge is -2.31. The van der Waals surface area contributed by atoms with Crippen LogP contribution in [-0.2, 0) is 0 Å². The summed E-state index contributed by atoms with van der Waals surface area (Å²) >= 11 is 6.08. The molecule has 0 spiro atoms. The van der Waals surface area contributed by atoms with Gasteiger partial charge in [0.25, 0.3) is 0 Å². The van der Waals surface area contributed by atoms with Crippen LogP contribution in [0.5, 0.6) is 0 Å². The van der Waals surface area contributed by atoms with E-state index < -0.39 is 0 Å². The average Bonchev–Trinajstić information content (AvgIpc) is 2.64. The molecule has 1 aromatic heterocycles. The number of benzene rings is 2. The first kappa shape index (κ1) is 16.2. The van der Waals surface area contributed by atoms with Crippen LogP contribution in [0.25, 0.3) is 10.9 Å². The zero-order valence-electron chi connectivity index (χ0n) is 14.1. The number of para-hydroxylation sites is 1. The third-order valence-electron chi connectivity index (χ3n) is 4.94. The Morgan fingerprint density at radius 2 is 1.56 bits per heavy atom. The maximum absolute atomic E-state index is 6.08. The minimum atomic E-state index is 0.509. The standard InChI is InChI=1S/C21H22ClN3/c22-15-6-11-19-20(12-13-23-21(19)14-15)25-18-9-7-17(8-10-18)24-16-4-2-1-3-5-16/h1-6,11-14,17-18,24H,7-10H2,(H,23,25). The molecule has 128 valence electrons. The van der Waals surface area contributed by atoms with Crippen LogP contribution in [0.4, 0.5) is 11.4 Å². The van der Waals surface area contributed by atoms with E-state index in [9.17, 15) is 0 Å². The predicted molar refractivity (Wildman–Crippen MR) is 106 cm³/mol. The van der Waals surface area contributed by atoms with Gasteiger partial charge in [0.2, 0.25) is 0 Å². The normalized spacial score (nSPS) is 20.4. The third kappa shape index (κ3) is 3.88. The molecule has 1 aliphatic carbocycles. The van der Waals surface area contributed by atoms with Crippen LogP contribution in [0.15, 0.2) is 60.8 Å². The van der Waals surface area contributed by atoms with Crippen LogP contribution in [0.1, 0.15) is 25.7 Å². The van der Waals surface area contributed by atoms with Crippen molar-refractivity contribution in [3.8, 4) is 0 Å². The summed E-state index contributed by atoms with van der Waals surface area (Å²) < 4.78 is 0. The maximum Gasteiger partial charge on any atom is 0.0737 e. The Morgan fingerprint density at radius 1 is 0.840 bits per heavy atom. The first-order chi connectivity index (χ1) is 12.3. The van der Waals surface area contributed by atoms with Crippen molar-refractivity contribution in [3.63, 3.8) is 0 Å². The quantitative estimate of drug-likeness (QED) is 0.630. The summed E-state index contributed by atoms with van der Waals surface area (Å²) in [6.45, 7) is 0. The lowest BCUT2D eigenvalue weighted by Crippen LogP contribution is -2.32. The fraction of sp³-hybridized carbons (Fsp3) is 0.286. The molecule has 0 amide bonds. The van der Waals surface area contributed by atoms with E-state index in [1.54, 1.807) is 0 Å². The number of hydrogen-bond acceptors (Lipinski definition) is 3. The second kappa shape index (κ2) is 7.32. The summed E-state index contributed by atoms with van der Waals surface area (Å²) in [6, 6.07) is 19.5. The Kier molecular flexibility index (Phi) is 4.75. The maximum atomic E-state index is 6.08. The highest BCUT2D eigenvalue weighted by atomic mass is 35.5. The number of rotatable bonds is 4.